The summed E-state index contributed by atoms with van der Waals surface area (Å²) in [4.78, 5) is 22.7. The molecule has 1 aromatic heterocycles. The first kappa shape index (κ1) is 12.9. The summed E-state index contributed by atoms with van der Waals surface area (Å²) >= 11 is 0. The number of nitrogens with zero attached hydrogens (tertiary/aromatic N) is 1. The number of phenolic OH excluding ortho intramolecular Hbond substituents is 1. The maximum Gasteiger partial charge on any atom is 0.303 e. The van der Waals surface area contributed by atoms with Crippen molar-refractivity contribution in [3.63, 3.8) is 0 Å². The van der Waals surface area contributed by atoms with Crippen molar-refractivity contribution < 1.29 is 15.0 Å². The number of nitrogens with one attached hydrogen (secondary N) is 1. The Balaban J connectivity index is 2.45. The molecular formula is C13H14N2O4. The van der Waals surface area contributed by atoms with Gasteiger partial charge in [0.1, 0.15) is 11.4 Å². The Hall–Kier alpha value is -2.50. The highest BCUT2D eigenvalue weighted by atomic mass is 16.4. The fourth-order valence-electron chi connectivity index (χ4n) is 1.93. The summed E-state index contributed by atoms with van der Waals surface area (Å²) < 4.78 is 1.22. The van der Waals surface area contributed by atoms with Gasteiger partial charge in [0.05, 0.1) is 0 Å². The van der Waals surface area contributed by atoms with Gasteiger partial charge in [-0.2, -0.15) is 0 Å². The molecule has 3 N–H and O–H groups in total. The molecule has 2 aromatic rings. The van der Waals surface area contributed by atoms with Crippen LogP contribution in [0.1, 0.15) is 17.7 Å². The van der Waals surface area contributed by atoms with Crippen LogP contribution in [-0.4, -0.2) is 26.0 Å². The number of hydrogen-bond acceptors (Lipinski definition) is 3. The molecule has 1 heterocycles. The summed E-state index contributed by atoms with van der Waals surface area (Å²) in [7, 11) is 0. The molecule has 100 valence electrons. The molecule has 0 unspecified atom stereocenters. The van der Waals surface area contributed by atoms with Crippen molar-refractivity contribution >= 4 is 5.97 Å². The normalized spacial score (nSPS) is 10.6. The molecule has 6 heteroatoms. The summed E-state index contributed by atoms with van der Waals surface area (Å²) in [5, 5.41) is 21.2. The average Bonchev–Trinajstić information content (AvgIpc) is 2.63. The highest BCUT2D eigenvalue weighted by Gasteiger charge is 2.15. The number of H-pyrrole nitrogens is 1. The molecular weight excluding hydrogens is 248 g/mol. The number of rotatable bonds is 4. The van der Waals surface area contributed by atoms with Crippen LogP contribution >= 0.6 is 0 Å². The van der Waals surface area contributed by atoms with Gasteiger partial charge in [-0.05, 0) is 25.5 Å². The van der Waals surface area contributed by atoms with Crippen LogP contribution in [0, 0.1) is 6.92 Å². The largest absolute Gasteiger partial charge is 0.506 e. The molecule has 0 radical (unpaired) electrons. The zero-order valence-electron chi connectivity index (χ0n) is 10.4. The lowest BCUT2D eigenvalue weighted by Gasteiger charge is -2.03. The Morgan fingerprint density at radius 2 is 2.05 bits per heavy atom. The lowest BCUT2D eigenvalue weighted by molar-refractivity contribution is -0.136. The van der Waals surface area contributed by atoms with E-state index in [-0.39, 0.29) is 24.2 Å². The van der Waals surface area contributed by atoms with Crippen LogP contribution in [0.3, 0.4) is 0 Å². The maximum atomic E-state index is 12.2. The second kappa shape index (κ2) is 5.01. The third-order valence-corrected chi connectivity index (χ3v) is 2.90. The lowest BCUT2D eigenvalue weighted by Crippen LogP contribution is -2.18. The van der Waals surface area contributed by atoms with Crippen LogP contribution in [0.2, 0.25) is 0 Å². The molecule has 0 spiro atoms. The van der Waals surface area contributed by atoms with E-state index in [1.165, 1.54) is 10.7 Å². The van der Waals surface area contributed by atoms with Gasteiger partial charge in [-0.15, -0.1) is 0 Å². The molecule has 19 heavy (non-hydrogen) atoms. The second-order valence-corrected chi connectivity index (χ2v) is 4.24. The van der Waals surface area contributed by atoms with Crippen LogP contribution < -0.4 is 5.56 Å². The van der Waals surface area contributed by atoms with Crippen molar-refractivity contribution in [3.8, 4) is 11.4 Å². The highest BCUT2D eigenvalue weighted by Crippen LogP contribution is 2.19. The first-order chi connectivity index (χ1) is 9.00. The van der Waals surface area contributed by atoms with Crippen LogP contribution in [0.25, 0.3) is 5.69 Å². The molecule has 0 bridgehead atoms. The zero-order valence-corrected chi connectivity index (χ0v) is 10.4. The number of aromatic amines is 1. The number of para-hydroxylation sites is 2. The van der Waals surface area contributed by atoms with Crippen LogP contribution in [-0.2, 0) is 11.2 Å². The number of aryl methyl sites for hydroxylation is 1. The van der Waals surface area contributed by atoms with Gasteiger partial charge in [0, 0.05) is 17.7 Å². The Morgan fingerprint density at radius 1 is 1.37 bits per heavy atom. The number of aromatic hydroxyl groups is 1. The molecule has 0 amide bonds. The Bertz CT molecular complexity index is 670. The van der Waals surface area contributed by atoms with Gasteiger partial charge < -0.3 is 10.2 Å². The van der Waals surface area contributed by atoms with Crippen molar-refractivity contribution in [2.45, 2.75) is 19.8 Å². The predicted molar refractivity (Wildman–Crippen MR) is 68.7 cm³/mol. The van der Waals surface area contributed by atoms with E-state index in [9.17, 15) is 14.7 Å². The summed E-state index contributed by atoms with van der Waals surface area (Å²) in [6, 6.07) is 6.45. The van der Waals surface area contributed by atoms with E-state index in [1.54, 1.807) is 25.1 Å². The van der Waals surface area contributed by atoms with E-state index in [1.807, 2.05) is 0 Å². The van der Waals surface area contributed by atoms with E-state index in [0.29, 0.717) is 16.9 Å². The zero-order chi connectivity index (χ0) is 14.0. The third kappa shape index (κ3) is 2.52. The number of hydrogen-bond donors (Lipinski definition) is 3. The lowest BCUT2D eigenvalue weighted by atomic mass is 10.1. The number of carboxylic acids is 1. The molecule has 6 nitrogen and oxygen atoms in total. The monoisotopic (exact) mass is 262 g/mol. The Kier molecular flexibility index (Phi) is 3.41. The van der Waals surface area contributed by atoms with Gasteiger partial charge in [0.2, 0.25) is 0 Å². The predicted octanol–water partition coefficient (Wildman–Crippen LogP) is 1.20. The summed E-state index contributed by atoms with van der Waals surface area (Å²) in [5.74, 6) is -0.968. The first-order valence-corrected chi connectivity index (χ1v) is 5.81. The number of phenols is 1. The molecule has 0 atom stereocenters. The van der Waals surface area contributed by atoms with Gasteiger partial charge in [0.25, 0.3) is 5.56 Å². The minimum absolute atomic E-state index is 0.0179. The van der Waals surface area contributed by atoms with Crippen LogP contribution in [0.4, 0.5) is 0 Å². The molecule has 1 aromatic carbocycles. The maximum absolute atomic E-state index is 12.2. The average molecular weight is 262 g/mol. The van der Waals surface area contributed by atoms with Gasteiger partial charge in [0.15, 0.2) is 0 Å². The SMILES string of the molecule is Cc1[nH]n(-c2ccccc2O)c(=O)c1CCC(=O)O. The third-order valence-electron chi connectivity index (χ3n) is 2.90. The van der Waals surface area contributed by atoms with Gasteiger partial charge in [-0.3, -0.25) is 14.7 Å². The van der Waals surface area contributed by atoms with Crippen LogP contribution in [0.15, 0.2) is 29.1 Å². The van der Waals surface area contributed by atoms with Gasteiger partial charge in [-0.25, -0.2) is 4.68 Å². The smallest absolute Gasteiger partial charge is 0.303 e. The summed E-state index contributed by atoms with van der Waals surface area (Å²) in [6.45, 7) is 1.70. The van der Waals surface area contributed by atoms with Crippen LogP contribution in [0.5, 0.6) is 5.75 Å². The van der Waals surface area contributed by atoms with Crippen molar-refractivity contribution in [3.05, 3.63) is 45.9 Å². The number of carbonyl (C=O) groups is 1. The molecule has 0 aliphatic rings. The fraction of sp³-hybridized carbons (Fsp3) is 0.231. The van der Waals surface area contributed by atoms with Crippen molar-refractivity contribution in [2.75, 3.05) is 0 Å². The van der Waals surface area contributed by atoms with E-state index in [2.05, 4.69) is 5.10 Å². The van der Waals surface area contributed by atoms with E-state index >= 15 is 0 Å². The minimum Gasteiger partial charge on any atom is -0.506 e. The van der Waals surface area contributed by atoms with Gasteiger partial charge in [-0.1, -0.05) is 12.1 Å². The topological polar surface area (TPSA) is 95.3 Å². The first-order valence-electron chi connectivity index (χ1n) is 5.81. The number of aliphatic carboxylic acids is 1. The summed E-state index contributed by atoms with van der Waals surface area (Å²) in [6.07, 6.45) is 0.0613. The number of carboxylic acid groups (broad SMARTS) is 1. The minimum atomic E-state index is -0.950. The number of aromatic nitrogens is 2. The summed E-state index contributed by atoms with van der Waals surface area (Å²) in [5.41, 5.74) is 1.04. The van der Waals surface area contributed by atoms with Gasteiger partial charge >= 0.3 is 5.97 Å². The molecule has 0 aliphatic heterocycles. The highest BCUT2D eigenvalue weighted by molar-refractivity contribution is 5.67. The second-order valence-electron chi connectivity index (χ2n) is 4.24. The number of benzene rings is 1. The Morgan fingerprint density at radius 3 is 2.68 bits per heavy atom. The van der Waals surface area contributed by atoms with Crippen molar-refractivity contribution in [1.29, 1.82) is 0 Å². The quantitative estimate of drug-likeness (QED) is 0.771. The molecule has 0 saturated heterocycles. The molecule has 2 rings (SSSR count). The fourth-order valence-corrected chi connectivity index (χ4v) is 1.93. The van der Waals surface area contributed by atoms with E-state index in [4.69, 9.17) is 5.11 Å². The van der Waals surface area contributed by atoms with E-state index in [0.717, 1.165) is 0 Å². The van der Waals surface area contributed by atoms with E-state index < -0.39 is 5.97 Å². The Labute approximate surface area is 108 Å². The standard InChI is InChI=1S/C13H14N2O4/c1-8-9(6-7-12(17)18)13(19)15(14-8)10-4-2-3-5-11(10)16/h2-5,14,16H,6-7H2,1H3,(H,17,18). The molecule has 0 saturated carbocycles. The van der Waals surface area contributed by atoms with Crippen molar-refractivity contribution in [1.82, 2.24) is 9.78 Å². The molecule has 0 aliphatic carbocycles. The van der Waals surface area contributed by atoms with Crippen molar-refractivity contribution in [2.24, 2.45) is 0 Å². The molecule has 0 fully saturated rings.